The molecule has 5 heteroatoms. The highest BCUT2D eigenvalue weighted by Crippen LogP contribution is 2.28. The molecule has 0 spiro atoms. The van der Waals surface area contributed by atoms with E-state index in [2.05, 4.69) is 5.16 Å². The highest BCUT2D eigenvalue weighted by Gasteiger charge is 2.16. The first-order valence-corrected chi connectivity index (χ1v) is 7.87. The number of esters is 1. The van der Waals surface area contributed by atoms with E-state index in [0.717, 1.165) is 22.4 Å². The van der Waals surface area contributed by atoms with Crippen LogP contribution in [0.25, 0.3) is 22.6 Å². The van der Waals surface area contributed by atoms with Crippen LogP contribution in [0.3, 0.4) is 0 Å². The Morgan fingerprint density at radius 3 is 2.33 bits per heavy atom. The fourth-order valence-corrected chi connectivity index (χ4v) is 2.54. The molecule has 0 N–H and O–H groups in total. The molecule has 2 aromatic carbocycles. The van der Waals surface area contributed by atoms with Crippen LogP contribution in [0, 0.1) is 0 Å². The number of ether oxygens (including phenoxy) is 1. The Morgan fingerprint density at radius 2 is 1.71 bits per heavy atom. The second-order valence-electron chi connectivity index (χ2n) is 5.45. The molecule has 1 aromatic heterocycles. The Hall–Kier alpha value is -2.59. The molecule has 0 amide bonds. The minimum absolute atomic E-state index is 0.255. The van der Waals surface area contributed by atoms with E-state index in [4.69, 9.17) is 20.9 Å². The largest absolute Gasteiger partial charge is 0.469 e. The molecule has 4 nitrogen and oxygen atoms in total. The highest BCUT2D eigenvalue weighted by atomic mass is 35.5. The molecule has 1 heterocycles. The zero-order valence-corrected chi connectivity index (χ0v) is 14.1. The van der Waals surface area contributed by atoms with E-state index >= 15 is 0 Å². The quantitative estimate of drug-likeness (QED) is 0.631. The Labute approximate surface area is 145 Å². The lowest BCUT2D eigenvalue weighted by Gasteiger charge is -2.09. The predicted octanol–water partition coefficient (Wildman–Crippen LogP) is 4.94. The third-order valence-corrected chi connectivity index (χ3v) is 4.15. The number of hydrogen-bond acceptors (Lipinski definition) is 4. The van der Waals surface area contributed by atoms with Crippen molar-refractivity contribution in [1.29, 1.82) is 0 Å². The number of carbonyl (C=O) groups is 1. The van der Waals surface area contributed by atoms with Crippen LogP contribution in [0.4, 0.5) is 0 Å². The fraction of sp³-hybridized carbons (Fsp3) is 0.158. The monoisotopic (exact) mass is 341 g/mol. The lowest BCUT2D eigenvalue weighted by atomic mass is 9.99. The lowest BCUT2D eigenvalue weighted by Crippen LogP contribution is -2.10. The van der Waals surface area contributed by atoms with Crippen molar-refractivity contribution in [3.8, 4) is 22.6 Å². The molecule has 0 fully saturated rings. The van der Waals surface area contributed by atoms with Crippen LogP contribution < -0.4 is 0 Å². The van der Waals surface area contributed by atoms with Gasteiger partial charge in [0.05, 0.1) is 13.0 Å². The van der Waals surface area contributed by atoms with Crippen LogP contribution in [0.2, 0.25) is 5.02 Å². The molecular weight excluding hydrogens is 326 g/mol. The fourth-order valence-electron chi connectivity index (χ4n) is 2.42. The Bertz CT molecular complexity index is 838. The normalized spacial score (nSPS) is 12.0. The van der Waals surface area contributed by atoms with Gasteiger partial charge in [0.25, 0.3) is 0 Å². The first-order chi connectivity index (χ1) is 11.6. The van der Waals surface area contributed by atoms with E-state index in [1.165, 1.54) is 7.11 Å². The smallest absolute Gasteiger partial charge is 0.312 e. The van der Waals surface area contributed by atoms with Crippen LogP contribution in [-0.2, 0) is 9.53 Å². The van der Waals surface area contributed by atoms with Gasteiger partial charge in [-0.2, -0.15) is 0 Å². The average molecular weight is 342 g/mol. The summed E-state index contributed by atoms with van der Waals surface area (Å²) >= 11 is 5.89. The molecule has 24 heavy (non-hydrogen) atoms. The molecule has 3 aromatic rings. The molecule has 0 aliphatic carbocycles. The van der Waals surface area contributed by atoms with Crippen LogP contribution in [0.15, 0.2) is 59.1 Å². The van der Waals surface area contributed by atoms with Gasteiger partial charge in [-0.05, 0) is 36.8 Å². The van der Waals surface area contributed by atoms with Gasteiger partial charge in [-0.15, -0.1) is 0 Å². The zero-order chi connectivity index (χ0) is 17.1. The Kier molecular flexibility index (Phi) is 4.67. The highest BCUT2D eigenvalue weighted by molar-refractivity contribution is 6.30. The summed E-state index contributed by atoms with van der Waals surface area (Å²) < 4.78 is 10.2. The molecule has 0 saturated carbocycles. The van der Waals surface area contributed by atoms with Crippen LogP contribution >= 0.6 is 11.6 Å². The van der Waals surface area contributed by atoms with Crippen molar-refractivity contribution in [3.63, 3.8) is 0 Å². The summed E-state index contributed by atoms with van der Waals surface area (Å²) in [6.07, 6.45) is 0. The number of benzene rings is 2. The van der Waals surface area contributed by atoms with Gasteiger partial charge in [0, 0.05) is 22.2 Å². The van der Waals surface area contributed by atoms with Gasteiger partial charge in [0.2, 0.25) is 0 Å². The number of rotatable bonds is 4. The summed E-state index contributed by atoms with van der Waals surface area (Å²) in [5.41, 5.74) is 3.46. The van der Waals surface area contributed by atoms with E-state index < -0.39 is 0 Å². The summed E-state index contributed by atoms with van der Waals surface area (Å²) in [6.45, 7) is 1.82. The van der Waals surface area contributed by atoms with Gasteiger partial charge >= 0.3 is 5.97 Å². The minimum atomic E-state index is -0.300. The summed E-state index contributed by atoms with van der Waals surface area (Å²) in [5.74, 6) is 0.119. The second kappa shape index (κ2) is 6.89. The van der Waals surface area contributed by atoms with Crippen molar-refractivity contribution in [2.24, 2.45) is 0 Å². The third-order valence-electron chi connectivity index (χ3n) is 3.90. The van der Waals surface area contributed by atoms with Crippen molar-refractivity contribution in [2.75, 3.05) is 7.11 Å². The van der Waals surface area contributed by atoms with Gasteiger partial charge in [0.1, 0.15) is 5.69 Å². The standard InChI is InChI=1S/C19H16ClNO3/c1-12(19(22)23-2)13-3-5-14(6-4-13)17-11-18(24-21-17)15-7-9-16(20)10-8-15/h3-12H,1-2H3. The van der Waals surface area contributed by atoms with Crippen molar-refractivity contribution >= 4 is 17.6 Å². The van der Waals surface area contributed by atoms with E-state index in [9.17, 15) is 4.79 Å². The van der Waals surface area contributed by atoms with Gasteiger partial charge in [-0.25, -0.2) is 0 Å². The first-order valence-electron chi connectivity index (χ1n) is 7.49. The van der Waals surface area contributed by atoms with E-state index in [-0.39, 0.29) is 11.9 Å². The molecular formula is C19H16ClNO3. The summed E-state index contributed by atoms with van der Waals surface area (Å²) in [4.78, 5) is 11.6. The van der Waals surface area contributed by atoms with Crippen molar-refractivity contribution in [2.45, 2.75) is 12.8 Å². The molecule has 0 aliphatic heterocycles. The van der Waals surface area contributed by atoms with Crippen molar-refractivity contribution < 1.29 is 14.1 Å². The topological polar surface area (TPSA) is 52.3 Å². The number of aromatic nitrogens is 1. The van der Waals surface area contributed by atoms with E-state index in [0.29, 0.717) is 10.8 Å². The molecule has 1 unspecified atom stereocenters. The summed E-state index contributed by atoms with van der Waals surface area (Å²) in [6, 6.07) is 16.9. The lowest BCUT2D eigenvalue weighted by molar-refractivity contribution is -0.141. The molecule has 0 bridgehead atoms. The van der Waals surface area contributed by atoms with Gasteiger partial charge in [-0.1, -0.05) is 41.0 Å². The molecule has 0 saturated heterocycles. The van der Waals surface area contributed by atoms with Gasteiger partial charge in [0.15, 0.2) is 5.76 Å². The maximum Gasteiger partial charge on any atom is 0.312 e. The Balaban J connectivity index is 1.83. The van der Waals surface area contributed by atoms with E-state index in [1.807, 2.05) is 61.5 Å². The Morgan fingerprint density at radius 1 is 1.08 bits per heavy atom. The number of nitrogens with zero attached hydrogens (tertiary/aromatic N) is 1. The van der Waals surface area contributed by atoms with Crippen LogP contribution in [0.1, 0.15) is 18.4 Å². The van der Waals surface area contributed by atoms with Crippen LogP contribution in [0.5, 0.6) is 0 Å². The third kappa shape index (κ3) is 3.34. The number of hydrogen-bond donors (Lipinski definition) is 0. The van der Waals surface area contributed by atoms with Crippen molar-refractivity contribution in [3.05, 3.63) is 65.2 Å². The number of carbonyl (C=O) groups excluding carboxylic acids is 1. The zero-order valence-electron chi connectivity index (χ0n) is 13.3. The predicted molar refractivity (Wildman–Crippen MR) is 92.8 cm³/mol. The minimum Gasteiger partial charge on any atom is -0.469 e. The summed E-state index contributed by atoms with van der Waals surface area (Å²) in [7, 11) is 1.39. The number of methoxy groups -OCH3 is 1. The molecule has 3 rings (SSSR count). The number of halogens is 1. The molecule has 0 aliphatic rings. The van der Waals surface area contributed by atoms with Crippen molar-refractivity contribution in [1.82, 2.24) is 5.16 Å². The second-order valence-corrected chi connectivity index (χ2v) is 5.89. The van der Waals surface area contributed by atoms with Gasteiger partial charge < -0.3 is 9.26 Å². The maximum atomic E-state index is 11.6. The first kappa shape index (κ1) is 16.3. The molecule has 0 radical (unpaired) electrons. The molecule has 122 valence electrons. The van der Waals surface area contributed by atoms with Gasteiger partial charge in [-0.3, -0.25) is 4.79 Å². The maximum absolute atomic E-state index is 11.6. The van der Waals surface area contributed by atoms with Crippen LogP contribution in [-0.4, -0.2) is 18.2 Å². The average Bonchev–Trinajstić information content (AvgIpc) is 3.11. The molecule has 1 atom stereocenters. The SMILES string of the molecule is COC(=O)C(C)c1ccc(-c2cc(-c3ccc(Cl)cc3)on2)cc1. The summed E-state index contributed by atoms with van der Waals surface area (Å²) in [5, 5.41) is 4.79. The van der Waals surface area contributed by atoms with E-state index in [1.54, 1.807) is 0 Å².